The van der Waals surface area contributed by atoms with Crippen molar-refractivity contribution in [1.29, 1.82) is 0 Å². The molecule has 0 radical (unpaired) electrons. The predicted molar refractivity (Wildman–Crippen MR) is 55.4 cm³/mol. The van der Waals surface area contributed by atoms with E-state index in [0.717, 1.165) is 13.1 Å². The highest BCUT2D eigenvalue weighted by Crippen LogP contribution is 2.16. The van der Waals surface area contributed by atoms with Gasteiger partial charge in [0.1, 0.15) is 6.04 Å². The average molecular weight is 200 g/mol. The van der Waals surface area contributed by atoms with Crippen molar-refractivity contribution in [3.8, 4) is 0 Å². The Bertz CT molecular complexity index is 208. The number of aliphatic carboxylic acids is 1. The minimum Gasteiger partial charge on any atom is -0.480 e. The summed E-state index contributed by atoms with van der Waals surface area (Å²) in [6.07, 6.45) is 2.42. The van der Waals surface area contributed by atoms with Crippen LogP contribution in [0.1, 0.15) is 19.8 Å². The van der Waals surface area contributed by atoms with Crippen LogP contribution in [0.3, 0.4) is 0 Å². The first-order chi connectivity index (χ1) is 6.52. The summed E-state index contributed by atoms with van der Waals surface area (Å²) in [5.74, 6) is -0.742. The molecule has 4 heteroatoms. The van der Waals surface area contributed by atoms with Crippen molar-refractivity contribution in [1.82, 2.24) is 9.80 Å². The van der Waals surface area contributed by atoms with Crippen LogP contribution in [0.4, 0.5) is 0 Å². The minimum absolute atomic E-state index is 0.385. The number of hydrogen-bond acceptors (Lipinski definition) is 3. The minimum atomic E-state index is -0.742. The standard InChI is InChI=1S/C10H20N2O2/c1-8(10(13)14)12(3)7-9-5-4-6-11(9)2/h8-9H,4-7H2,1-3H3,(H,13,14). The molecule has 1 saturated heterocycles. The first-order valence-electron chi connectivity index (χ1n) is 5.15. The van der Waals surface area contributed by atoms with Crippen LogP contribution in [0.2, 0.25) is 0 Å². The van der Waals surface area contributed by atoms with Crippen LogP contribution < -0.4 is 0 Å². The number of carbonyl (C=O) groups is 1. The lowest BCUT2D eigenvalue weighted by atomic mass is 10.2. The molecule has 0 aromatic rings. The van der Waals surface area contributed by atoms with Crippen molar-refractivity contribution in [3.63, 3.8) is 0 Å². The lowest BCUT2D eigenvalue weighted by Gasteiger charge is -2.28. The highest BCUT2D eigenvalue weighted by Gasteiger charge is 2.25. The van der Waals surface area contributed by atoms with E-state index < -0.39 is 5.97 Å². The Morgan fingerprint density at radius 1 is 1.71 bits per heavy atom. The van der Waals surface area contributed by atoms with Gasteiger partial charge in [0.15, 0.2) is 0 Å². The van der Waals surface area contributed by atoms with Gasteiger partial charge in [-0.1, -0.05) is 0 Å². The summed E-state index contributed by atoms with van der Waals surface area (Å²) >= 11 is 0. The SMILES string of the molecule is CC(C(=O)O)N(C)CC1CCCN1C. The van der Waals surface area contributed by atoms with Gasteiger partial charge >= 0.3 is 5.97 Å². The van der Waals surface area contributed by atoms with Gasteiger partial charge in [0.05, 0.1) is 0 Å². The van der Waals surface area contributed by atoms with Gasteiger partial charge < -0.3 is 10.0 Å². The van der Waals surface area contributed by atoms with Gasteiger partial charge in [-0.2, -0.15) is 0 Å². The number of likely N-dealkylation sites (tertiary alicyclic amines) is 1. The molecule has 4 nitrogen and oxygen atoms in total. The summed E-state index contributed by atoms with van der Waals surface area (Å²) in [4.78, 5) is 15.0. The fourth-order valence-electron chi connectivity index (χ4n) is 1.89. The van der Waals surface area contributed by atoms with Gasteiger partial charge in [-0.25, -0.2) is 0 Å². The Morgan fingerprint density at radius 3 is 2.79 bits per heavy atom. The normalized spacial score (nSPS) is 25.6. The number of nitrogens with zero attached hydrogens (tertiary/aromatic N) is 2. The first kappa shape index (κ1) is 11.5. The van der Waals surface area contributed by atoms with Crippen LogP contribution in [0.15, 0.2) is 0 Å². The molecule has 1 rings (SSSR count). The molecule has 1 aliphatic heterocycles. The van der Waals surface area contributed by atoms with Gasteiger partial charge in [0.2, 0.25) is 0 Å². The molecule has 1 N–H and O–H groups in total. The van der Waals surface area contributed by atoms with E-state index >= 15 is 0 Å². The first-order valence-corrected chi connectivity index (χ1v) is 5.15. The molecule has 1 aliphatic rings. The third kappa shape index (κ3) is 2.69. The fraction of sp³-hybridized carbons (Fsp3) is 0.900. The zero-order valence-electron chi connectivity index (χ0n) is 9.23. The number of carboxylic acid groups (broad SMARTS) is 1. The smallest absolute Gasteiger partial charge is 0.320 e. The third-order valence-electron chi connectivity index (χ3n) is 3.19. The molecular weight excluding hydrogens is 180 g/mol. The molecule has 0 aromatic heterocycles. The molecular formula is C10H20N2O2. The van der Waals surface area contributed by atoms with Gasteiger partial charge in [-0.15, -0.1) is 0 Å². The molecule has 1 heterocycles. The molecule has 0 aromatic carbocycles. The van der Waals surface area contributed by atoms with E-state index in [2.05, 4.69) is 11.9 Å². The molecule has 0 saturated carbocycles. The van der Waals surface area contributed by atoms with Crippen LogP contribution in [0.25, 0.3) is 0 Å². The molecule has 82 valence electrons. The van der Waals surface area contributed by atoms with Crippen molar-refractivity contribution >= 4 is 5.97 Å². The molecule has 0 amide bonds. The predicted octanol–water partition coefficient (Wildman–Crippen LogP) is 0.486. The lowest BCUT2D eigenvalue weighted by Crippen LogP contribution is -2.43. The second-order valence-corrected chi connectivity index (χ2v) is 4.23. The molecule has 1 fully saturated rings. The van der Waals surface area contributed by atoms with Crippen LogP contribution in [-0.2, 0) is 4.79 Å². The van der Waals surface area contributed by atoms with Crippen molar-refractivity contribution in [3.05, 3.63) is 0 Å². The Kier molecular flexibility index (Phi) is 3.89. The molecule has 0 bridgehead atoms. The van der Waals surface area contributed by atoms with E-state index in [1.54, 1.807) is 6.92 Å². The average Bonchev–Trinajstić information content (AvgIpc) is 2.50. The molecule has 14 heavy (non-hydrogen) atoms. The fourth-order valence-corrected chi connectivity index (χ4v) is 1.89. The number of hydrogen-bond donors (Lipinski definition) is 1. The van der Waals surface area contributed by atoms with E-state index in [0.29, 0.717) is 6.04 Å². The Balaban J connectivity index is 2.39. The maximum Gasteiger partial charge on any atom is 0.320 e. The molecule has 0 spiro atoms. The highest BCUT2D eigenvalue weighted by molar-refractivity contribution is 5.72. The Labute approximate surface area is 85.5 Å². The van der Waals surface area contributed by atoms with Gasteiger partial charge in [0.25, 0.3) is 0 Å². The van der Waals surface area contributed by atoms with Crippen LogP contribution in [-0.4, -0.2) is 60.1 Å². The van der Waals surface area contributed by atoms with E-state index in [1.165, 1.54) is 12.8 Å². The van der Waals surface area contributed by atoms with Gasteiger partial charge in [0, 0.05) is 12.6 Å². The zero-order valence-corrected chi connectivity index (χ0v) is 9.23. The number of carboxylic acids is 1. The zero-order chi connectivity index (χ0) is 10.7. The van der Waals surface area contributed by atoms with Crippen molar-refractivity contribution < 1.29 is 9.90 Å². The Morgan fingerprint density at radius 2 is 2.36 bits per heavy atom. The van der Waals surface area contributed by atoms with Gasteiger partial charge in [-0.05, 0) is 40.4 Å². The summed E-state index contributed by atoms with van der Waals surface area (Å²) in [5.41, 5.74) is 0. The third-order valence-corrected chi connectivity index (χ3v) is 3.19. The maximum absolute atomic E-state index is 10.7. The summed E-state index contributed by atoms with van der Waals surface area (Å²) in [6.45, 7) is 3.72. The van der Waals surface area contributed by atoms with Crippen LogP contribution in [0.5, 0.6) is 0 Å². The van der Waals surface area contributed by atoms with Crippen molar-refractivity contribution in [2.45, 2.75) is 31.8 Å². The summed E-state index contributed by atoms with van der Waals surface area (Å²) in [6, 6.07) is 0.144. The largest absolute Gasteiger partial charge is 0.480 e. The number of rotatable bonds is 4. The molecule has 2 unspecified atom stereocenters. The topological polar surface area (TPSA) is 43.8 Å². The van der Waals surface area contributed by atoms with E-state index in [-0.39, 0.29) is 6.04 Å². The Hall–Kier alpha value is -0.610. The van der Waals surface area contributed by atoms with Gasteiger partial charge in [-0.3, -0.25) is 9.69 Å². The van der Waals surface area contributed by atoms with Crippen LogP contribution >= 0.6 is 0 Å². The lowest BCUT2D eigenvalue weighted by molar-refractivity contribution is -0.142. The summed E-state index contributed by atoms with van der Waals surface area (Å²) in [5, 5.41) is 8.84. The summed E-state index contributed by atoms with van der Waals surface area (Å²) in [7, 11) is 3.99. The maximum atomic E-state index is 10.7. The second kappa shape index (κ2) is 4.75. The molecule has 0 aliphatic carbocycles. The van der Waals surface area contributed by atoms with Crippen LogP contribution in [0, 0.1) is 0 Å². The number of likely N-dealkylation sites (N-methyl/N-ethyl adjacent to an activating group) is 2. The summed E-state index contributed by atoms with van der Waals surface area (Å²) < 4.78 is 0. The van der Waals surface area contributed by atoms with Crippen molar-refractivity contribution in [2.24, 2.45) is 0 Å². The van der Waals surface area contributed by atoms with E-state index in [4.69, 9.17) is 5.11 Å². The van der Waals surface area contributed by atoms with E-state index in [9.17, 15) is 4.79 Å². The van der Waals surface area contributed by atoms with E-state index in [1.807, 2.05) is 11.9 Å². The molecule has 2 atom stereocenters. The van der Waals surface area contributed by atoms with Crippen molar-refractivity contribution in [2.75, 3.05) is 27.2 Å². The monoisotopic (exact) mass is 200 g/mol. The quantitative estimate of drug-likeness (QED) is 0.717. The second-order valence-electron chi connectivity index (χ2n) is 4.23. The highest BCUT2D eigenvalue weighted by atomic mass is 16.4.